The highest BCUT2D eigenvalue weighted by molar-refractivity contribution is 5.76. The average Bonchev–Trinajstić information content (AvgIpc) is 3.44. The van der Waals surface area contributed by atoms with Crippen molar-refractivity contribution < 1.29 is 24.5 Å². The van der Waals surface area contributed by atoms with E-state index in [2.05, 4.69) is 43.5 Å². The summed E-state index contributed by atoms with van der Waals surface area (Å²) in [6, 6.07) is -0.623. The Hall–Kier alpha value is -1.92. The zero-order valence-electron chi connectivity index (χ0n) is 52.7. The van der Waals surface area contributed by atoms with Gasteiger partial charge >= 0.3 is 5.97 Å². The lowest BCUT2D eigenvalue weighted by Gasteiger charge is -2.20. The van der Waals surface area contributed by atoms with E-state index in [9.17, 15) is 19.8 Å². The molecule has 0 rings (SSSR count). The Labute approximate surface area is 487 Å². The normalized spacial score (nSPS) is 12.7. The van der Waals surface area contributed by atoms with Gasteiger partial charge in [-0.25, -0.2) is 0 Å². The molecule has 0 radical (unpaired) electrons. The lowest BCUT2D eigenvalue weighted by molar-refractivity contribution is -0.143. The van der Waals surface area contributed by atoms with Gasteiger partial charge in [0, 0.05) is 12.8 Å². The standard InChI is InChI=1S/C72H137NO5/c1-3-5-7-9-11-13-15-17-18-35-39-42-46-50-54-58-62-66-72(77)78-67-63-59-55-51-47-43-40-37-34-32-30-28-26-24-22-20-19-21-23-25-27-29-31-33-36-38-41-45-49-53-57-61-65-71(76)73-69(68-74)70(75)64-60-56-52-48-44-16-14-12-10-8-6-4-2/h11,13,17-18,60,64,69-70,74-75H,3-10,12,14-16,19-59,61-63,65-68H2,1-2H3,(H,73,76)/b13-11-,18-17-,64-60+. The van der Waals surface area contributed by atoms with E-state index in [1.165, 1.54) is 308 Å². The summed E-state index contributed by atoms with van der Waals surface area (Å²) in [5.41, 5.74) is 0. The van der Waals surface area contributed by atoms with Crippen molar-refractivity contribution in [1.82, 2.24) is 5.32 Å². The summed E-state index contributed by atoms with van der Waals surface area (Å²) in [7, 11) is 0. The molecular weight excluding hydrogens is 959 g/mol. The van der Waals surface area contributed by atoms with Crippen LogP contribution in [0.4, 0.5) is 0 Å². The van der Waals surface area contributed by atoms with Gasteiger partial charge in [0.05, 0.1) is 25.4 Å². The summed E-state index contributed by atoms with van der Waals surface area (Å²) in [5.74, 6) is -0.0493. The van der Waals surface area contributed by atoms with Gasteiger partial charge in [0.1, 0.15) is 0 Å². The van der Waals surface area contributed by atoms with Gasteiger partial charge in [-0.1, -0.05) is 346 Å². The van der Waals surface area contributed by atoms with Crippen LogP contribution < -0.4 is 5.32 Å². The van der Waals surface area contributed by atoms with E-state index in [-0.39, 0.29) is 18.5 Å². The third kappa shape index (κ3) is 63.3. The molecule has 0 bridgehead atoms. The van der Waals surface area contributed by atoms with Crippen molar-refractivity contribution in [2.75, 3.05) is 13.2 Å². The minimum atomic E-state index is -0.840. The molecular formula is C72H137NO5. The zero-order chi connectivity index (χ0) is 56.4. The van der Waals surface area contributed by atoms with Crippen molar-refractivity contribution in [3.8, 4) is 0 Å². The maximum atomic E-state index is 12.5. The molecule has 6 heteroatoms. The largest absolute Gasteiger partial charge is 0.466 e. The molecule has 2 atom stereocenters. The van der Waals surface area contributed by atoms with Gasteiger partial charge in [0.2, 0.25) is 5.91 Å². The molecule has 0 saturated heterocycles. The number of hydrogen-bond acceptors (Lipinski definition) is 5. The summed E-state index contributed by atoms with van der Waals surface area (Å²) in [6.45, 7) is 4.89. The zero-order valence-corrected chi connectivity index (χ0v) is 52.7. The van der Waals surface area contributed by atoms with Crippen molar-refractivity contribution in [1.29, 1.82) is 0 Å². The van der Waals surface area contributed by atoms with E-state index < -0.39 is 12.1 Å². The molecule has 0 aromatic heterocycles. The van der Waals surface area contributed by atoms with Crippen molar-refractivity contribution in [2.45, 2.75) is 398 Å². The molecule has 0 aromatic rings. The van der Waals surface area contributed by atoms with E-state index in [1.807, 2.05) is 6.08 Å². The van der Waals surface area contributed by atoms with Crippen molar-refractivity contribution in [2.24, 2.45) is 0 Å². The van der Waals surface area contributed by atoms with Gasteiger partial charge in [0.15, 0.2) is 0 Å². The second kappa shape index (κ2) is 67.6. The van der Waals surface area contributed by atoms with E-state index in [0.717, 1.165) is 51.4 Å². The first-order chi connectivity index (χ1) is 38.5. The van der Waals surface area contributed by atoms with Crippen LogP contribution in [0.1, 0.15) is 386 Å². The van der Waals surface area contributed by atoms with Crippen LogP contribution in [0.2, 0.25) is 0 Å². The van der Waals surface area contributed by atoms with Crippen LogP contribution in [0.25, 0.3) is 0 Å². The number of carbonyl (C=O) groups excluding carboxylic acids is 2. The van der Waals surface area contributed by atoms with E-state index >= 15 is 0 Å². The van der Waals surface area contributed by atoms with Gasteiger partial charge in [0.25, 0.3) is 0 Å². The van der Waals surface area contributed by atoms with Gasteiger partial charge < -0.3 is 20.3 Å². The SMILES string of the molecule is CCCCC/C=C\C/C=C\CCCCCCCCCC(=O)OCCCCCCCCCCCCCCCCCCCCCCCCCCCCCCCCCCC(=O)NC(CO)C(O)/C=C/CCCCCCCCCCCC. The molecule has 78 heavy (non-hydrogen) atoms. The van der Waals surface area contributed by atoms with Crippen LogP contribution in [-0.2, 0) is 14.3 Å². The third-order valence-electron chi connectivity index (χ3n) is 16.4. The minimum absolute atomic E-state index is 0.0134. The Morgan fingerprint density at radius 1 is 0.359 bits per heavy atom. The quantitative estimate of drug-likeness (QED) is 0.0320. The maximum Gasteiger partial charge on any atom is 0.305 e. The summed E-state index contributed by atoms with van der Waals surface area (Å²) in [5, 5.41) is 23.1. The van der Waals surface area contributed by atoms with Gasteiger partial charge in [-0.05, 0) is 64.2 Å². The fourth-order valence-corrected chi connectivity index (χ4v) is 11.0. The molecule has 0 fully saturated rings. The molecule has 3 N–H and O–H groups in total. The van der Waals surface area contributed by atoms with Crippen LogP contribution >= 0.6 is 0 Å². The molecule has 0 aliphatic carbocycles. The summed E-state index contributed by atoms with van der Waals surface area (Å²) in [4.78, 5) is 24.5. The maximum absolute atomic E-state index is 12.5. The van der Waals surface area contributed by atoms with Crippen LogP contribution in [0.3, 0.4) is 0 Å². The molecule has 0 spiro atoms. The first kappa shape index (κ1) is 76.1. The highest BCUT2D eigenvalue weighted by Gasteiger charge is 2.18. The van der Waals surface area contributed by atoms with Crippen LogP contribution in [0, 0.1) is 0 Å². The number of carbonyl (C=O) groups is 2. The third-order valence-corrected chi connectivity index (χ3v) is 16.4. The van der Waals surface area contributed by atoms with E-state index in [0.29, 0.717) is 19.4 Å². The molecule has 0 aromatic carbocycles. The monoisotopic (exact) mass is 1100 g/mol. The number of aliphatic hydroxyl groups excluding tert-OH is 2. The number of hydrogen-bond donors (Lipinski definition) is 3. The highest BCUT2D eigenvalue weighted by atomic mass is 16.5. The Morgan fingerprint density at radius 2 is 0.641 bits per heavy atom. The molecule has 6 nitrogen and oxygen atoms in total. The smallest absolute Gasteiger partial charge is 0.305 e. The predicted molar refractivity (Wildman–Crippen MR) is 343 cm³/mol. The topological polar surface area (TPSA) is 95.9 Å². The number of aliphatic hydroxyl groups is 2. The minimum Gasteiger partial charge on any atom is -0.466 e. The second-order valence-electron chi connectivity index (χ2n) is 24.2. The number of esters is 1. The van der Waals surface area contributed by atoms with E-state index in [4.69, 9.17) is 4.74 Å². The molecule has 0 aliphatic rings. The number of unbranched alkanes of at least 4 members (excludes halogenated alkanes) is 51. The fraction of sp³-hybridized carbons (Fsp3) is 0.889. The number of allylic oxidation sites excluding steroid dienone is 5. The molecule has 0 aliphatic heterocycles. The van der Waals surface area contributed by atoms with Crippen molar-refractivity contribution in [3.63, 3.8) is 0 Å². The fourth-order valence-electron chi connectivity index (χ4n) is 11.0. The lowest BCUT2D eigenvalue weighted by Crippen LogP contribution is -2.45. The number of amides is 1. The summed E-state index contributed by atoms with van der Waals surface area (Å²) in [6.07, 6.45) is 86.6. The molecule has 0 saturated carbocycles. The molecule has 0 heterocycles. The van der Waals surface area contributed by atoms with Gasteiger partial charge in [-0.3, -0.25) is 9.59 Å². The number of nitrogens with one attached hydrogen (secondary N) is 1. The predicted octanol–water partition coefficient (Wildman–Crippen LogP) is 22.7. The average molecular weight is 1100 g/mol. The number of ether oxygens (including phenoxy) is 1. The first-order valence-electron chi connectivity index (χ1n) is 35.3. The Kier molecular flexibility index (Phi) is 65.9. The van der Waals surface area contributed by atoms with Crippen molar-refractivity contribution in [3.05, 3.63) is 36.5 Å². The van der Waals surface area contributed by atoms with Crippen molar-refractivity contribution >= 4 is 11.9 Å². The Bertz CT molecular complexity index is 1260. The molecule has 460 valence electrons. The van der Waals surface area contributed by atoms with Gasteiger partial charge in [-0.2, -0.15) is 0 Å². The van der Waals surface area contributed by atoms with Crippen LogP contribution in [-0.4, -0.2) is 47.4 Å². The highest BCUT2D eigenvalue weighted by Crippen LogP contribution is 2.19. The van der Waals surface area contributed by atoms with Gasteiger partial charge in [-0.15, -0.1) is 0 Å². The molecule has 1 amide bonds. The molecule has 2 unspecified atom stereocenters. The Balaban J connectivity index is 3.31. The van der Waals surface area contributed by atoms with Crippen LogP contribution in [0.15, 0.2) is 36.5 Å². The summed E-state index contributed by atoms with van der Waals surface area (Å²) < 4.78 is 5.50. The first-order valence-corrected chi connectivity index (χ1v) is 35.3. The number of rotatable bonds is 66. The summed E-state index contributed by atoms with van der Waals surface area (Å²) >= 11 is 0. The lowest BCUT2D eigenvalue weighted by atomic mass is 10.0. The second-order valence-corrected chi connectivity index (χ2v) is 24.2. The van der Waals surface area contributed by atoms with Crippen LogP contribution in [0.5, 0.6) is 0 Å². The van der Waals surface area contributed by atoms with E-state index in [1.54, 1.807) is 6.08 Å². The Morgan fingerprint density at radius 3 is 1.00 bits per heavy atom.